The molecular formula is C20H15ClFN2O3P. The van der Waals surface area contributed by atoms with Crippen LogP contribution in [0.5, 0.6) is 0 Å². The maximum Gasteiger partial charge on any atom is 0.264 e. The van der Waals surface area contributed by atoms with Crippen LogP contribution in [-0.2, 0) is 9.09 Å². The summed E-state index contributed by atoms with van der Waals surface area (Å²) in [4.78, 5) is 14.4. The van der Waals surface area contributed by atoms with Gasteiger partial charge in [0.1, 0.15) is 0 Å². The first kappa shape index (κ1) is 20.0. The number of nitrogens with one attached hydrogen (secondary N) is 1. The third kappa shape index (κ3) is 3.29. The van der Waals surface area contributed by atoms with Crippen LogP contribution in [0.25, 0.3) is 17.0 Å². The van der Waals surface area contributed by atoms with Gasteiger partial charge in [0, 0.05) is 24.0 Å². The van der Waals surface area contributed by atoms with Crippen molar-refractivity contribution in [2.45, 2.75) is 6.92 Å². The Morgan fingerprint density at radius 1 is 1.32 bits per heavy atom. The molecule has 0 fully saturated rings. The van der Waals surface area contributed by atoms with E-state index in [9.17, 15) is 13.8 Å². The van der Waals surface area contributed by atoms with Crippen LogP contribution in [0.1, 0.15) is 21.6 Å². The van der Waals surface area contributed by atoms with E-state index in [0.29, 0.717) is 11.8 Å². The lowest BCUT2D eigenvalue weighted by Crippen LogP contribution is -2.21. The Bertz CT molecular complexity index is 1210. The number of allylic oxidation sites excluding steroid dienone is 1. The van der Waals surface area contributed by atoms with Crippen LogP contribution in [0.3, 0.4) is 0 Å². The lowest BCUT2D eigenvalue weighted by Gasteiger charge is -2.18. The van der Waals surface area contributed by atoms with Crippen molar-refractivity contribution < 1.29 is 18.3 Å². The number of halogens is 2. The van der Waals surface area contributed by atoms with Gasteiger partial charge in [-0.05, 0) is 48.4 Å². The van der Waals surface area contributed by atoms with Crippen molar-refractivity contribution >= 4 is 52.8 Å². The molecule has 0 bridgehead atoms. The Kier molecular flexibility index (Phi) is 5.53. The van der Waals surface area contributed by atoms with E-state index in [1.807, 2.05) is 6.07 Å². The highest BCUT2D eigenvalue weighted by Crippen LogP contribution is 2.48. The molecule has 1 unspecified atom stereocenters. The van der Waals surface area contributed by atoms with Gasteiger partial charge in [0.05, 0.1) is 27.5 Å². The summed E-state index contributed by atoms with van der Waals surface area (Å²) in [7, 11) is -2.63. The second-order valence-electron chi connectivity index (χ2n) is 6.09. The number of aryl methyl sites for hydroxylation is 1. The number of benzene rings is 2. The van der Waals surface area contributed by atoms with Crippen molar-refractivity contribution in [1.82, 2.24) is 4.98 Å². The van der Waals surface area contributed by atoms with Gasteiger partial charge in [0.2, 0.25) is 0 Å². The van der Waals surface area contributed by atoms with Crippen molar-refractivity contribution in [3.8, 4) is 6.07 Å². The lowest BCUT2D eigenvalue weighted by atomic mass is 10.1. The Morgan fingerprint density at radius 3 is 2.71 bits per heavy atom. The van der Waals surface area contributed by atoms with Crippen molar-refractivity contribution in [2.24, 2.45) is 0 Å². The number of nitriles is 1. The van der Waals surface area contributed by atoms with Crippen molar-refractivity contribution in [2.75, 3.05) is 7.11 Å². The monoisotopic (exact) mass is 416 g/mol. The van der Waals surface area contributed by atoms with Gasteiger partial charge in [-0.1, -0.05) is 17.7 Å². The molecule has 3 rings (SSSR count). The third-order valence-corrected chi connectivity index (χ3v) is 7.10. The molecule has 0 radical (unpaired) electrons. The molecular weight excluding hydrogens is 402 g/mol. The first-order valence-electron chi connectivity index (χ1n) is 8.15. The Morgan fingerprint density at radius 2 is 2.07 bits per heavy atom. The number of rotatable bonds is 5. The Balaban J connectivity index is 2.38. The summed E-state index contributed by atoms with van der Waals surface area (Å²) in [5.74, 6) is -0.784. The third-order valence-electron chi connectivity index (χ3n) is 4.30. The van der Waals surface area contributed by atoms with E-state index in [4.69, 9.17) is 21.4 Å². The molecule has 1 atom stereocenters. The second-order valence-corrected chi connectivity index (χ2v) is 8.93. The van der Waals surface area contributed by atoms with Crippen LogP contribution in [-0.4, -0.2) is 18.4 Å². The molecule has 1 aromatic heterocycles. The van der Waals surface area contributed by atoms with Crippen molar-refractivity contribution in [1.29, 1.82) is 5.26 Å². The normalized spacial score (nSPS) is 13.5. The number of carbonyl (C=O) groups excluding carboxylic acids is 1. The van der Waals surface area contributed by atoms with Crippen LogP contribution in [0.15, 0.2) is 36.4 Å². The van der Waals surface area contributed by atoms with E-state index in [-0.39, 0.29) is 32.2 Å². The predicted octanol–water partition coefficient (Wildman–Crippen LogP) is 4.49. The maximum absolute atomic E-state index is 14.8. The van der Waals surface area contributed by atoms with Gasteiger partial charge in [-0.15, -0.1) is 0 Å². The lowest BCUT2D eigenvalue weighted by molar-refractivity contribution is 0.112. The fraction of sp³-hybridized carbons (Fsp3) is 0.100. The summed E-state index contributed by atoms with van der Waals surface area (Å²) in [6, 6.07) is 9.78. The van der Waals surface area contributed by atoms with Crippen molar-refractivity contribution in [3.63, 3.8) is 0 Å². The molecule has 0 aliphatic heterocycles. The molecule has 0 saturated carbocycles. The van der Waals surface area contributed by atoms with Crippen LogP contribution in [0, 0.1) is 24.1 Å². The van der Waals surface area contributed by atoms with Gasteiger partial charge < -0.3 is 9.51 Å². The highest BCUT2D eigenvalue weighted by molar-refractivity contribution is 7.75. The topological polar surface area (TPSA) is 82.9 Å². The quantitative estimate of drug-likeness (QED) is 0.377. The number of hydrogen-bond acceptors (Lipinski definition) is 4. The largest absolute Gasteiger partial charge is 0.352 e. The van der Waals surface area contributed by atoms with Gasteiger partial charge in [0.25, 0.3) is 7.37 Å². The summed E-state index contributed by atoms with van der Waals surface area (Å²) in [5.41, 5.74) is 1.63. The minimum atomic E-state index is -3.87. The molecule has 2 aromatic carbocycles. The molecule has 8 heteroatoms. The molecule has 0 spiro atoms. The average molecular weight is 417 g/mol. The molecule has 1 N–H and O–H groups in total. The van der Waals surface area contributed by atoms with Gasteiger partial charge >= 0.3 is 0 Å². The fourth-order valence-electron chi connectivity index (χ4n) is 3.13. The molecule has 28 heavy (non-hydrogen) atoms. The summed E-state index contributed by atoms with van der Waals surface area (Å²) in [6.45, 7) is 1.79. The van der Waals surface area contributed by atoms with E-state index in [2.05, 4.69) is 4.98 Å². The fourth-order valence-corrected chi connectivity index (χ4v) is 5.57. The molecule has 0 aliphatic carbocycles. The molecule has 0 amide bonds. The van der Waals surface area contributed by atoms with E-state index in [1.54, 1.807) is 31.2 Å². The second kappa shape index (κ2) is 7.73. The highest BCUT2D eigenvalue weighted by Gasteiger charge is 2.35. The Hall–Kier alpha value is -2.71. The smallest absolute Gasteiger partial charge is 0.264 e. The van der Waals surface area contributed by atoms with Crippen LogP contribution in [0.2, 0.25) is 5.02 Å². The molecule has 142 valence electrons. The van der Waals surface area contributed by atoms with Crippen molar-refractivity contribution in [3.05, 3.63) is 64.1 Å². The number of H-pyrrole nitrogens is 1. The zero-order chi connectivity index (χ0) is 20.5. The predicted molar refractivity (Wildman–Crippen MR) is 108 cm³/mol. The first-order valence-corrected chi connectivity index (χ1v) is 10.2. The molecule has 1 heterocycles. The zero-order valence-corrected chi connectivity index (χ0v) is 16.6. The van der Waals surface area contributed by atoms with Gasteiger partial charge in [0.15, 0.2) is 12.1 Å². The summed E-state index contributed by atoms with van der Waals surface area (Å²) in [6.07, 6.45) is 3.32. The number of fused-ring (bicyclic) bond motifs is 1. The van der Waals surface area contributed by atoms with Crippen LogP contribution in [0.4, 0.5) is 4.39 Å². The van der Waals surface area contributed by atoms with Gasteiger partial charge in [-0.25, -0.2) is 4.39 Å². The average Bonchev–Trinajstić information content (AvgIpc) is 3.08. The van der Waals surface area contributed by atoms with Crippen LogP contribution >= 0.6 is 19.0 Å². The number of aromatic nitrogens is 1. The Labute approximate surface area is 165 Å². The zero-order valence-electron chi connectivity index (χ0n) is 15.0. The molecule has 0 aliphatic rings. The maximum atomic E-state index is 14.8. The van der Waals surface area contributed by atoms with E-state index < -0.39 is 13.2 Å². The van der Waals surface area contributed by atoms with Crippen LogP contribution < -0.4 is 10.6 Å². The standard InChI is InChI=1S/C20H15ClFN2O3P/c1-12-8-13(4-3-7-23)10-14(9-12)28(26,27-2)20-17(11-25)24-16-6-5-15(21)19(22)18(16)20/h3-6,8-11,24H,1-2H3/b4-3+. The number of aromatic amines is 1. The minimum Gasteiger partial charge on any atom is -0.352 e. The first-order chi connectivity index (χ1) is 13.3. The molecule has 5 nitrogen and oxygen atoms in total. The summed E-state index contributed by atoms with van der Waals surface area (Å²) in [5, 5.41) is 8.75. The molecule has 0 saturated heterocycles. The number of nitrogens with zero attached hydrogens (tertiary/aromatic N) is 1. The van der Waals surface area contributed by atoms with E-state index in [1.165, 1.54) is 25.3 Å². The number of aldehydes is 1. The van der Waals surface area contributed by atoms with Gasteiger partial charge in [-0.2, -0.15) is 5.26 Å². The summed E-state index contributed by atoms with van der Waals surface area (Å²) < 4.78 is 34.2. The summed E-state index contributed by atoms with van der Waals surface area (Å²) >= 11 is 5.91. The number of carbonyl (C=O) groups is 1. The molecule has 3 aromatic rings. The number of hydrogen-bond donors (Lipinski definition) is 1. The minimum absolute atomic E-state index is 0.0445. The SMILES string of the molecule is COP(=O)(c1cc(C)cc(/C=C/C#N)c1)c1c(C=O)[nH]c2ccc(Cl)c(F)c12. The van der Waals surface area contributed by atoms with E-state index >= 15 is 0 Å². The van der Waals surface area contributed by atoms with Gasteiger partial charge in [-0.3, -0.25) is 9.36 Å². The van der Waals surface area contributed by atoms with E-state index in [0.717, 1.165) is 5.56 Å². The highest BCUT2D eigenvalue weighted by atomic mass is 35.5.